The van der Waals surface area contributed by atoms with E-state index in [-0.39, 0.29) is 0 Å². The van der Waals surface area contributed by atoms with Gasteiger partial charge in [0.05, 0.1) is 6.61 Å². The summed E-state index contributed by atoms with van der Waals surface area (Å²) in [4.78, 5) is 4.19. The molecule has 1 aromatic heterocycles. The smallest absolute Gasteiger partial charge is 0.218 e. The number of anilines is 1. The number of rotatable bonds is 1. The number of aryl methyl sites for hydroxylation is 1. The van der Waals surface area contributed by atoms with Crippen LogP contribution in [0.3, 0.4) is 0 Å². The molecule has 0 bridgehead atoms. The van der Waals surface area contributed by atoms with Crippen LogP contribution in [0.2, 0.25) is 0 Å². The van der Waals surface area contributed by atoms with E-state index in [9.17, 15) is 0 Å². The van der Waals surface area contributed by atoms with Gasteiger partial charge in [-0.3, -0.25) is 0 Å². The van der Waals surface area contributed by atoms with Crippen LogP contribution >= 0.6 is 0 Å². The Morgan fingerprint density at radius 3 is 3.06 bits per heavy atom. The predicted octanol–water partition coefficient (Wildman–Crippen LogP) is 0.999. The summed E-state index contributed by atoms with van der Waals surface area (Å²) in [6.45, 7) is 0.760. The highest BCUT2D eigenvalue weighted by Gasteiger charge is 2.14. The second-order valence-electron chi connectivity index (χ2n) is 3.84. The van der Waals surface area contributed by atoms with Crippen molar-refractivity contribution in [3.05, 3.63) is 23.8 Å². The molecule has 2 N–H and O–H groups in total. The molecule has 0 aliphatic carbocycles. The molecular weight excluding hydrogens is 204 g/mol. The Kier molecular flexibility index (Phi) is 1.86. The van der Waals surface area contributed by atoms with Crippen LogP contribution in [0.5, 0.6) is 5.75 Å². The largest absolute Gasteiger partial charge is 0.493 e. The zero-order chi connectivity index (χ0) is 11.1. The molecule has 0 radical (unpaired) electrons. The summed E-state index contributed by atoms with van der Waals surface area (Å²) in [6.07, 6.45) is 0.950. The number of nitrogens with zero attached hydrogens (tertiary/aromatic N) is 3. The summed E-state index contributed by atoms with van der Waals surface area (Å²) in [5, 5.41) is 4.25. The Balaban J connectivity index is 2.07. The van der Waals surface area contributed by atoms with E-state index in [4.69, 9.17) is 10.5 Å². The number of hydrogen-bond donors (Lipinski definition) is 1. The lowest BCUT2D eigenvalue weighted by Crippen LogP contribution is -1.97. The van der Waals surface area contributed by atoms with Crippen molar-refractivity contribution in [2.45, 2.75) is 6.42 Å². The third-order valence-corrected chi connectivity index (χ3v) is 2.74. The van der Waals surface area contributed by atoms with Crippen LogP contribution in [0.1, 0.15) is 5.56 Å². The monoisotopic (exact) mass is 216 g/mol. The minimum atomic E-state index is 0.423. The summed E-state index contributed by atoms with van der Waals surface area (Å²) in [7, 11) is 1.78. The molecule has 16 heavy (non-hydrogen) atoms. The third-order valence-electron chi connectivity index (χ3n) is 2.74. The maximum atomic E-state index is 5.66. The Labute approximate surface area is 92.9 Å². The lowest BCUT2D eigenvalue weighted by molar-refractivity contribution is 0.357. The van der Waals surface area contributed by atoms with Crippen LogP contribution < -0.4 is 10.5 Å². The molecule has 2 heterocycles. The van der Waals surface area contributed by atoms with Crippen LogP contribution in [-0.4, -0.2) is 21.4 Å². The predicted molar refractivity (Wildman–Crippen MR) is 60.1 cm³/mol. The molecule has 0 fully saturated rings. The van der Waals surface area contributed by atoms with Crippen molar-refractivity contribution in [2.75, 3.05) is 12.3 Å². The van der Waals surface area contributed by atoms with Crippen LogP contribution in [0.15, 0.2) is 18.2 Å². The lowest BCUT2D eigenvalue weighted by atomic mass is 10.1. The highest BCUT2D eigenvalue weighted by atomic mass is 16.5. The van der Waals surface area contributed by atoms with Gasteiger partial charge in [0.1, 0.15) is 5.75 Å². The second-order valence-corrected chi connectivity index (χ2v) is 3.84. The standard InChI is InChI=1S/C11H12N4O/c1-15-11(12)13-10(14-15)8-2-3-9-7(6-8)4-5-16-9/h2-3,6H,4-5H2,1H3,(H2,12,13,14). The van der Waals surface area contributed by atoms with Crippen molar-refractivity contribution >= 4 is 5.95 Å². The molecule has 5 nitrogen and oxygen atoms in total. The van der Waals surface area contributed by atoms with E-state index in [1.807, 2.05) is 12.1 Å². The van der Waals surface area contributed by atoms with Gasteiger partial charge in [0.25, 0.3) is 0 Å². The second kappa shape index (κ2) is 3.23. The van der Waals surface area contributed by atoms with E-state index >= 15 is 0 Å². The van der Waals surface area contributed by atoms with Gasteiger partial charge < -0.3 is 10.5 Å². The minimum Gasteiger partial charge on any atom is -0.493 e. The Morgan fingerprint density at radius 1 is 1.44 bits per heavy atom. The van der Waals surface area contributed by atoms with Gasteiger partial charge in [0.2, 0.25) is 5.95 Å². The molecule has 3 rings (SSSR count). The van der Waals surface area contributed by atoms with Crippen molar-refractivity contribution in [2.24, 2.45) is 7.05 Å². The number of fused-ring (bicyclic) bond motifs is 1. The highest BCUT2D eigenvalue weighted by Crippen LogP contribution is 2.29. The summed E-state index contributed by atoms with van der Waals surface area (Å²) < 4.78 is 7.02. The number of nitrogens with two attached hydrogens (primary N) is 1. The first-order valence-electron chi connectivity index (χ1n) is 5.16. The van der Waals surface area contributed by atoms with E-state index in [2.05, 4.69) is 16.1 Å². The zero-order valence-corrected chi connectivity index (χ0v) is 8.97. The SMILES string of the molecule is Cn1nc(-c2ccc3c(c2)CCO3)nc1N. The van der Waals surface area contributed by atoms with Crippen LogP contribution in [0.25, 0.3) is 11.4 Å². The number of ether oxygens (including phenoxy) is 1. The lowest BCUT2D eigenvalue weighted by Gasteiger charge is -2.00. The fourth-order valence-electron chi connectivity index (χ4n) is 1.84. The minimum absolute atomic E-state index is 0.423. The molecular formula is C11H12N4O. The Morgan fingerprint density at radius 2 is 2.31 bits per heavy atom. The fraction of sp³-hybridized carbons (Fsp3) is 0.273. The van der Waals surface area contributed by atoms with Crippen molar-refractivity contribution < 1.29 is 4.74 Å². The van der Waals surface area contributed by atoms with Gasteiger partial charge in [-0.05, 0) is 23.8 Å². The number of nitrogen functional groups attached to an aromatic ring is 1. The van der Waals surface area contributed by atoms with E-state index in [1.165, 1.54) is 5.56 Å². The van der Waals surface area contributed by atoms with Crippen LogP contribution in [-0.2, 0) is 13.5 Å². The van der Waals surface area contributed by atoms with Crippen molar-refractivity contribution in [3.63, 3.8) is 0 Å². The van der Waals surface area contributed by atoms with E-state index in [0.29, 0.717) is 11.8 Å². The molecule has 0 spiro atoms. The van der Waals surface area contributed by atoms with Crippen LogP contribution in [0, 0.1) is 0 Å². The Hall–Kier alpha value is -2.04. The van der Waals surface area contributed by atoms with Crippen molar-refractivity contribution in [3.8, 4) is 17.1 Å². The molecule has 1 aliphatic heterocycles. The molecule has 0 amide bonds. The zero-order valence-electron chi connectivity index (χ0n) is 8.97. The summed E-state index contributed by atoms with van der Waals surface area (Å²) >= 11 is 0. The molecule has 2 aromatic rings. The Bertz CT molecular complexity index is 527. The maximum absolute atomic E-state index is 5.66. The number of hydrogen-bond acceptors (Lipinski definition) is 4. The summed E-state index contributed by atoms with van der Waals surface area (Å²) in [5.74, 6) is 2.05. The van der Waals surface area contributed by atoms with Gasteiger partial charge in [-0.1, -0.05) is 0 Å². The highest BCUT2D eigenvalue weighted by molar-refractivity contribution is 5.60. The molecule has 0 saturated carbocycles. The number of benzene rings is 1. The van der Waals surface area contributed by atoms with Crippen molar-refractivity contribution in [1.29, 1.82) is 0 Å². The molecule has 1 aromatic carbocycles. The average Bonchev–Trinajstić information content (AvgIpc) is 2.85. The fourth-order valence-corrected chi connectivity index (χ4v) is 1.84. The average molecular weight is 216 g/mol. The molecule has 0 saturated heterocycles. The first-order valence-corrected chi connectivity index (χ1v) is 5.16. The molecule has 0 unspecified atom stereocenters. The molecule has 5 heteroatoms. The van der Waals surface area contributed by atoms with E-state index in [0.717, 1.165) is 24.3 Å². The molecule has 82 valence electrons. The van der Waals surface area contributed by atoms with Crippen LogP contribution in [0.4, 0.5) is 5.95 Å². The normalized spacial score (nSPS) is 13.6. The van der Waals surface area contributed by atoms with Gasteiger partial charge in [-0.15, -0.1) is 5.10 Å². The van der Waals surface area contributed by atoms with Crippen molar-refractivity contribution in [1.82, 2.24) is 14.8 Å². The van der Waals surface area contributed by atoms with E-state index in [1.54, 1.807) is 11.7 Å². The first-order chi connectivity index (χ1) is 7.74. The van der Waals surface area contributed by atoms with Gasteiger partial charge in [-0.25, -0.2) is 4.68 Å². The van der Waals surface area contributed by atoms with Gasteiger partial charge >= 0.3 is 0 Å². The summed E-state index contributed by atoms with van der Waals surface area (Å²) in [6, 6.07) is 5.99. The van der Waals surface area contributed by atoms with Gasteiger partial charge in [0, 0.05) is 19.0 Å². The third kappa shape index (κ3) is 1.32. The topological polar surface area (TPSA) is 66.0 Å². The first kappa shape index (κ1) is 9.21. The van der Waals surface area contributed by atoms with Gasteiger partial charge in [0.15, 0.2) is 5.82 Å². The quantitative estimate of drug-likeness (QED) is 0.772. The maximum Gasteiger partial charge on any atom is 0.218 e. The number of aromatic nitrogens is 3. The van der Waals surface area contributed by atoms with Gasteiger partial charge in [-0.2, -0.15) is 4.98 Å². The molecule has 1 aliphatic rings. The molecule has 0 atom stereocenters. The summed E-state index contributed by atoms with van der Waals surface area (Å²) in [5.41, 5.74) is 7.85. The van der Waals surface area contributed by atoms with E-state index < -0.39 is 0 Å².